The minimum absolute atomic E-state index is 0.0506. The van der Waals surface area contributed by atoms with Crippen molar-refractivity contribution in [1.29, 1.82) is 0 Å². The van der Waals surface area contributed by atoms with Crippen LogP contribution in [0.15, 0.2) is 30.5 Å². The van der Waals surface area contributed by atoms with Crippen molar-refractivity contribution >= 4 is 28.0 Å². The lowest BCUT2D eigenvalue weighted by atomic mass is 9.90. The number of carbonyl (C=O) groups is 1. The van der Waals surface area contributed by atoms with E-state index in [0.29, 0.717) is 12.2 Å². The highest BCUT2D eigenvalue weighted by atomic mass is 32.1. The number of amides is 1. The van der Waals surface area contributed by atoms with Crippen molar-refractivity contribution in [2.75, 3.05) is 13.1 Å². The fraction of sp³-hybridized carbons (Fsp3) is 0.455. The standard InChI is InChI=1S/C22H25FN4OS/c1-3-4-15-7-8-27(13-20(15)23)21(28)11-19-10-18-9-16(5-6-17(18)12-24-19)22-26-25-14(2)29-22/h5-6,9-10,12,15,20H,3-4,7-8,11,13H2,1-2H3/t15-,20-/m0/s1. The van der Waals surface area contributed by atoms with E-state index < -0.39 is 6.17 Å². The molecule has 0 N–H and O–H groups in total. The molecule has 0 saturated carbocycles. The Balaban J connectivity index is 1.48. The van der Waals surface area contributed by atoms with Gasteiger partial charge in [-0.2, -0.15) is 0 Å². The van der Waals surface area contributed by atoms with Crippen molar-refractivity contribution in [3.8, 4) is 10.6 Å². The monoisotopic (exact) mass is 412 g/mol. The normalized spacial score (nSPS) is 19.6. The molecule has 3 aromatic rings. The van der Waals surface area contributed by atoms with E-state index in [-0.39, 0.29) is 24.8 Å². The molecule has 1 aliphatic rings. The van der Waals surface area contributed by atoms with Gasteiger partial charge in [0, 0.05) is 23.7 Å². The van der Waals surface area contributed by atoms with Crippen molar-refractivity contribution in [2.24, 2.45) is 5.92 Å². The first-order valence-electron chi connectivity index (χ1n) is 10.1. The molecule has 2 aromatic heterocycles. The molecular weight excluding hydrogens is 387 g/mol. The lowest BCUT2D eigenvalue weighted by molar-refractivity contribution is -0.133. The van der Waals surface area contributed by atoms with E-state index in [9.17, 15) is 9.18 Å². The van der Waals surface area contributed by atoms with E-state index in [2.05, 4.69) is 28.2 Å². The number of aromatic nitrogens is 3. The van der Waals surface area contributed by atoms with E-state index in [1.54, 1.807) is 22.4 Å². The number of nitrogens with zero attached hydrogens (tertiary/aromatic N) is 4. The zero-order valence-electron chi connectivity index (χ0n) is 16.8. The van der Waals surface area contributed by atoms with Crippen molar-refractivity contribution in [3.63, 3.8) is 0 Å². The third-order valence-corrected chi connectivity index (χ3v) is 6.46. The molecule has 0 bridgehead atoms. The molecule has 0 spiro atoms. The zero-order chi connectivity index (χ0) is 20.4. The number of carbonyl (C=O) groups excluding carboxylic acids is 1. The third-order valence-electron chi connectivity index (χ3n) is 5.57. The van der Waals surface area contributed by atoms with E-state index in [0.717, 1.165) is 45.6 Å². The molecule has 5 nitrogen and oxygen atoms in total. The molecule has 0 radical (unpaired) electrons. The van der Waals surface area contributed by atoms with Crippen LogP contribution in [0.3, 0.4) is 0 Å². The molecule has 29 heavy (non-hydrogen) atoms. The summed E-state index contributed by atoms with van der Waals surface area (Å²) in [7, 11) is 0. The van der Waals surface area contributed by atoms with Crippen LogP contribution in [0.1, 0.15) is 36.9 Å². The van der Waals surface area contributed by atoms with E-state index >= 15 is 0 Å². The highest BCUT2D eigenvalue weighted by Gasteiger charge is 2.30. The molecule has 7 heteroatoms. The molecule has 0 aliphatic carbocycles. The molecule has 3 heterocycles. The van der Waals surface area contributed by atoms with Gasteiger partial charge in [0.15, 0.2) is 0 Å². The fourth-order valence-electron chi connectivity index (χ4n) is 3.97. The van der Waals surface area contributed by atoms with Crippen LogP contribution < -0.4 is 0 Å². The topological polar surface area (TPSA) is 59.0 Å². The Labute approximate surface area is 174 Å². The average Bonchev–Trinajstić information content (AvgIpc) is 3.15. The van der Waals surface area contributed by atoms with E-state index in [1.807, 2.05) is 25.1 Å². The summed E-state index contributed by atoms with van der Waals surface area (Å²) in [6, 6.07) is 8.02. The molecule has 1 amide bonds. The highest BCUT2D eigenvalue weighted by molar-refractivity contribution is 7.14. The zero-order valence-corrected chi connectivity index (χ0v) is 17.6. The minimum atomic E-state index is -0.921. The molecule has 2 atom stereocenters. The summed E-state index contributed by atoms with van der Waals surface area (Å²) in [6.07, 6.45) is 3.69. The lowest BCUT2D eigenvalue weighted by Crippen LogP contribution is -2.45. The summed E-state index contributed by atoms with van der Waals surface area (Å²) in [5.74, 6) is 0.0376. The Kier molecular flexibility index (Phi) is 5.85. The quantitative estimate of drug-likeness (QED) is 0.615. The Morgan fingerprint density at radius 2 is 2.14 bits per heavy atom. The van der Waals surface area contributed by atoms with E-state index in [1.165, 1.54) is 0 Å². The second kappa shape index (κ2) is 8.53. The van der Waals surface area contributed by atoms with Gasteiger partial charge in [-0.3, -0.25) is 9.78 Å². The average molecular weight is 413 g/mol. The van der Waals surface area contributed by atoms with Gasteiger partial charge in [-0.1, -0.05) is 36.8 Å². The van der Waals surface area contributed by atoms with Gasteiger partial charge < -0.3 is 4.90 Å². The third kappa shape index (κ3) is 4.45. The number of pyridine rings is 1. The smallest absolute Gasteiger partial charge is 0.228 e. The summed E-state index contributed by atoms with van der Waals surface area (Å²) in [5.41, 5.74) is 1.71. The van der Waals surface area contributed by atoms with Gasteiger partial charge in [0.2, 0.25) is 5.91 Å². The minimum Gasteiger partial charge on any atom is -0.339 e. The molecule has 152 valence electrons. The number of likely N-dealkylation sites (tertiary alicyclic amines) is 1. The van der Waals surface area contributed by atoms with Gasteiger partial charge >= 0.3 is 0 Å². The summed E-state index contributed by atoms with van der Waals surface area (Å²) >= 11 is 1.55. The van der Waals surface area contributed by atoms with Crippen LogP contribution in [-0.4, -0.2) is 45.2 Å². The van der Waals surface area contributed by atoms with Gasteiger partial charge in [-0.15, -0.1) is 10.2 Å². The maximum atomic E-state index is 14.4. The molecule has 1 aromatic carbocycles. The molecule has 0 unspecified atom stereocenters. The number of aryl methyl sites for hydroxylation is 1. The summed E-state index contributed by atoms with van der Waals surface area (Å²) in [5, 5.41) is 12.1. The number of benzene rings is 1. The SMILES string of the molecule is CCC[C@H]1CCN(C(=O)Cc2cc3cc(-c4nnc(C)s4)ccc3cn2)C[C@@H]1F. The first-order valence-corrected chi connectivity index (χ1v) is 11.0. The molecular formula is C22H25FN4OS. The number of hydrogen-bond acceptors (Lipinski definition) is 5. The van der Waals surface area contributed by atoms with Gasteiger partial charge in [0.1, 0.15) is 16.2 Å². The Morgan fingerprint density at radius 1 is 1.28 bits per heavy atom. The number of alkyl halides is 1. The first kappa shape index (κ1) is 19.9. The van der Waals surface area contributed by atoms with Gasteiger partial charge in [0.05, 0.1) is 18.7 Å². The summed E-state index contributed by atoms with van der Waals surface area (Å²) in [4.78, 5) is 18.8. The van der Waals surface area contributed by atoms with Crippen molar-refractivity contribution < 1.29 is 9.18 Å². The lowest BCUT2D eigenvalue weighted by Gasteiger charge is -2.34. The van der Waals surface area contributed by atoms with Crippen LogP contribution in [-0.2, 0) is 11.2 Å². The van der Waals surface area contributed by atoms with Crippen molar-refractivity contribution in [2.45, 2.75) is 45.7 Å². The predicted molar refractivity (Wildman–Crippen MR) is 114 cm³/mol. The predicted octanol–water partition coefficient (Wildman–Crippen LogP) is 4.59. The number of halogens is 1. The summed E-state index contributed by atoms with van der Waals surface area (Å²) < 4.78 is 14.4. The van der Waals surface area contributed by atoms with Crippen molar-refractivity contribution in [1.82, 2.24) is 20.1 Å². The number of rotatable bonds is 5. The Morgan fingerprint density at radius 3 is 2.86 bits per heavy atom. The fourth-order valence-corrected chi connectivity index (χ4v) is 4.66. The molecule has 4 rings (SSSR count). The number of fused-ring (bicyclic) bond motifs is 1. The molecule has 1 saturated heterocycles. The molecule has 1 fully saturated rings. The largest absolute Gasteiger partial charge is 0.339 e. The summed E-state index contributed by atoms with van der Waals surface area (Å²) in [6.45, 7) is 4.85. The van der Waals surface area contributed by atoms with Crippen LogP contribution in [0.5, 0.6) is 0 Å². The van der Waals surface area contributed by atoms with Gasteiger partial charge in [0.25, 0.3) is 0 Å². The van der Waals surface area contributed by atoms with Gasteiger partial charge in [-0.25, -0.2) is 4.39 Å². The Bertz CT molecular complexity index is 1020. The Hall–Kier alpha value is -2.41. The number of hydrogen-bond donors (Lipinski definition) is 0. The second-order valence-electron chi connectivity index (χ2n) is 7.73. The van der Waals surface area contributed by atoms with Crippen LogP contribution in [0.2, 0.25) is 0 Å². The van der Waals surface area contributed by atoms with Crippen LogP contribution in [0.25, 0.3) is 21.3 Å². The van der Waals surface area contributed by atoms with Crippen molar-refractivity contribution in [3.05, 3.63) is 41.2 Å². The maximum Gasteiger partial charge on any atom is 0.228 e. The number of piperidine rings is 1. The maximum absolute atomic E-state index is 14.4. The second-order valence-corrected chi connectivity index (χ2v) is 8.92. The highest BCUT2D eigenvalue weighted by Crippen LogP contribution is 2.28. The van der Waals surface area contributed by atoms with Crippen LogP contribution in [0, 0.1) is 12.8 Å². The van der Waals surface area contributed by atoms with Gasteiger partial charge in [-0.05, 0) is 43.2 Å². The molecule has 1 aliphatic heterocycles. The first-order chi connectivity index (χ1) is 14.0. The van der Waals surface area contributed by atoms with Crippen LogP contribution >= 0.6 is 11.3 Å². The van der Waals surface area contributed by atoms with Crippen LogP contribution in [0.4, 0.5) is 4.39 Å². The van der Waals surface area contributed by atoms with E-state index in [4.69, 9.17) is 0 Å².